The molecule has 0 spiro atoms. The van der Waals surface area contributed by atoms with Crippen LogP contribution in [0.1, 0.15) is 17.2 Å². The van der Waals surface area contributed by atoms with Crippen LogP contribution in [0.25, 0.3) is 0 Å². The number of hydrogen-bond acceptors (Lipinski definition) is 3. The average Bonchev–Trinajstić information content (AvgIpc) is 2.46. The zero-order valence-electron chi connectivity index (χ0n) is 11.1. The lowest BCUT2D eigenvalue weighted by Gasteiger charge is -2.19. The van der Waals surface area contributed by atoms with Crippen molar-refractivity contribution < 1.29 is 4.74 Å². The molecule has 1 aromatic heterocycles. The van der Waals surface area contributed by atoms with Crippen LogP contribution in [0.3, 0.4) is 0 Å². The van der Waals surface area contributed by atoms with Gasteiger partial charge in [0.2, 0.25) is 0 Å². The number of rotatable bonds is 5. The molecule has 0 radical (unpaired) electrons. The summed E-state index contributed by atoms with van der Waals surface area (Å²) in [6, 6.07) is 9.95. The molecule has 0 saturated carbocycles. The highest BCUT2D eigenvalue weighted by atomic mass is 35.5. The van der Waals surface area contributed by atoms with Gasteiger partial charge < -0.3 is 10.1 Å². The lowest BCUT2D eigenvalue weighted by Crippen LogP contribution is -2.19. The molecule has 3 nitrogen and oxygen atoms in total. The van der Waals surface area contributed by atoms with E-state index in [1.54, 1.807) is 19.5 Å². The molecule has 0 aliphatic rings. The van der Waals surface area contributed by atoms with Crippen LogP contribution < -0.4 is 10.1 Å². The Balaban J connectivity index is 2.27. The fraction of sp³-hybridized carbons (Fsp3) is 0.267. The molecule has 19 heavy (non-hydrogen) atoms. The van der Waals surface area contributed by atoms with Crippen molar-refractivity contribution in [1.29, 1.82) is 0 Å². The highest BCUT2D eigenvalue weighted by Crippen LogP contribution is 2.30. The number of halogens is 1. The summed E-state index contributed by atoms with van der Waals surface area (Å²) < 4.78 is 5.41. The number of pyridine rings is 1. The monoisotopic (exact) mass is 276 g/mol. The van der Waals surface area contributed by atoms with E-state index in [1.165, 1.54) is 5.56 Å². The van der Waals surface area contributed by atoms with E-state index in [0.717, 1.165) is 17.7 Å². The summed E-state index contributed by atoms with van der Waals surface area (Å²) in [5, 5.41) is 4.00. The van der Waals surface area contributed by atoms with Crippen molar-refractivity contribution in [3.8, 4) is 5.75 Å². The SMILES string of the molecule is CNC(Cc1ccncc1)c1ccc(Cl)cc1OC. The van der Waals surface area contributed by atoms with Crippen molar-refractivity contribution in [3.05, 3.63) is 58.9 Å². The minimum atomic E-state index is 0.176. The standard InChI is InChI=1S/C15H17ClN2O/c1-17-14(9-11-5-7-18-8-6-11)13-4-3-12(16)10-15(13)19-2/h3-8,10,14,17H,9H2,1-2H3. The fourth-order valence-corrected chi connectivity index (χ4v) is 2.26. The third kappa shape index (κ3) is 3.46. The minimum absolute atomic E-state index is 0.176. The van der Waals surface area contributed by atoms with Gasteiger partial charge in [-0.05, 0) is 43.3 Å². The van der Waals surface area contributed by atoms with Gasteiger partial charge in [0.05, 0.1) is 7.11 Å². The number of ether oxygens (including phenoxy) is 1. The molecular weight excluding hydrogens is 260 g/mol. The van der Waals surface area contributed by atoms with Crippen LogP contribution in [0.2, 0.25) is 5.02 Å². The van der Waals surface area contributed by atoms with E-state index < -0.39 is 0 Å². The van der Waals surface area contributed by atoms with Crippen LogP contribution >= 0.6 is 11.6 Å². The zero-order chi connectivity index (χ0) is 13.7. The van der Waals surface area contributed by atoms with Crippen molar-refractivity contribution in [2.75, 3.05) is 14.2 Å². The first-order valence-corrected chi connectivity index (χ1v) is 6.52. The normalized spacial score (nSPS) is 12.2. The third-order valence-corrected chi connectivity index (χ3v) is 3.34. The molecule has 0 bridgehead atoms. The first-order chi connectivity index (χ1) is 9.24. The largest absolute Gasteiger partial charge is 0.496 e. The van der Waals surface area contributed by atoms with Crippen LogP contribution in [-0.2, 0) is 6.42 Å². The van der Waals surface area contributed by atoms with Gasteiger partial charge in [-0.25, -0.2) is 0 Å². The molecule has 1 N–H and O–H groups in total. The minimum Gasteiger partial charge on any atom is -0.496 e. The van der Waals surface area contributed by atoms with Gasteiger partial charge in [-0.1, -0.05) is 17.7 Å². The van der Waals surface area contributed by atoms with Crippen LogP contribution in [0, 0.1) is 0 Å². The Bertz CT molecular complexity index is 531. The summed E-state index contributed by atoms with van der Waals surface area (Å²) in [6.07, 6.45) is 4.49. The molecule has 2 rings (SSSR count). The number of likely N-dealkylation sites (N-methyl/N-ethyl adjacent to an activating group) is 1. The Kier molecular flexibility index (Phi) is 4.77. The second kappa shape index (κ2) is 6.55. The second-order valence-corrected chi connectivity index (χ2v) is 4.72. The fourth-order valence-electron chi connectivity index (χ4n) is 2.09. The van der Waals surface area contributed by atoms with Crippen molar-refractivity contribution in [1.82, 2.24) is 10.3 Å². The van der Waals surface area contributed by atoms with Gasteiger partial charge in [0.15, 0.2) is 0 Å². The lowest BCUT2D eigenvalue weighted by atomic mass is 9.99. The number of methoxy groups -OCH3 is 1. The van der Waals surface area contributed by atoms with Crippen LogP contribution in [0.4, 0.5) is 0 Å². The first kappa shape index (κ1) is 13.8. The Morgan fingerprint density at radius 2 is 2.00 bits per heavy atom. The maximum absolute atomic E-state index is 5.99. The summed E-state index contributed by atoms with van der Waals surface area (Å²) in [6.45, 7) is 0. The van der Waals surface area contributed by atoms with Crippen molar-refractivity contribution in [2.24, 2.45) is 0 Å². The number of nitrogens with zero attached hydrogens (tertiary/aromatic N) is 1. The van der Waals surface area contributed by atoms with E-state index in [9.17, 15) is 0 Å². The summed E-state index contributed by atoms with van der Waals surface area (Å²) in [4.78, 5) is 4.03. The Hall–Kier alpha value is -1.58. The van der Waals surface area contributed by atoms with Crippen LogP contribution in [0.15, 0.2) is 42.7 Å². The molecule has 0 aliphatic carbocycles. The van der Waals surface area contributed by atoms with E-state index in [1.807, 2.05) is 37.4 Å². The van der Waals surface area contributed by atoms with E-state index >= 15 is 0 Å². The number of benzene rings is 1. The van der Waals surface area contributed by atoms with Gasteiger partial charge in [0.25, 0.3) is 0 Å². The summed E-state index contributed by atoms with van der Waals surface area (Å²) in [5.41, 5.74) is 2.33. The van der Waals surface area contributed by atoms with Crippen LogP contribution in [-0.4, -0.2) is 19.1 Å². The number of aromatic nitrogens is 1. The maximum Gasteiger partial charge on any atom is 0.125 e. The van der Waals surface area contributed by atoms with E-state index in [0.29, 0.717) is 5.02 Å². The molecule has 1 unspecified atom stereocenters. The van der Waals surface area contributed by atoms with Crippen molar-refractivity contribution >= 4 is 11.6 Å². The average molecular weight is 277 g/mol. The molecule has 1 aromatic carbocycles. The molecule has 0 amide bonds. The Labute approximate surface area is 118 Å². The van der Waals surface area contributed by atoms with Gasteiger partial charge in [-0.2, -0.15) is 0 Å². The van der Waals surface area contributed by atoms with Gasteiger partial charge in [0.1, 0.15) is 5.75 Å². The van der Waals surface area contributed by atoms with E-state index in [2.05, 4.69) is 10.3 Å². The zero-order valence-corrected chi connectivity index (χ0v) is 11.8. The number of nitrogens with one attached hydrogen (secondary N) is 1. The first-order valence-electron chi connectivity index (χ1n) is 6.14. The Morgan fingerprint density at radius 3 is 2.63 bits per heavy atom. The predicted octanol–water partition coefficient (Wildman–Crippen LogP) is 3.25. The molecule has 100 valence electrons. The molecule has 4 heteroatoms. The smallest absolute Gasteiger partial charge is 0.125 e. The molecule has 1 atom stereocenters. The quantitative estimate of drug-likeness (QED) is 0.910. The van der Waals surface area contributed by atoms with E-state index in [-0.39, 0.29) is 6.04 Å². The molecule has 2 aromatic rings. The van der Waals surface area contributed by atoms with Crippen LogP contribution in [0.5, 0.6) is 5.75 Å². The molecular formula is C15H17ClN2O. The van der Waals surface area contributed by atoms with Gasteiger partial charge in [0, 0.05) is 29.0 Å². The third-order valence-electron chi connectivity index (χ3n) is 3.11. The lowest BCUT2D eigenvalue weighted by molar-refractivity contribution is 0.401. The second-order valence-electron chi connectivity index (χ2n) is 4.29. The summed E-state index contributed by atoms with van der Waals surface area (Å²) >= 11 is 5.99. The topological polar surface area (TPSA) is 34.2 Å². The Morgan fingerprint density at radius 1 is 1.26 bits per heavy atom. The van der Waals surface area contributed by atoms with Crippen molar-refractivity contribution in [2.45, 2.75) is 12.5 Å². The molecule has 0 saturated heterocycles. The molecule has 0 aliphatic heterocycles. The van der Waals surface area contributed by atoms with Gasteiger partial charge in [-0.3, -0.25) is 4.98 Å². The summed E-state index contributed by atoms with van der Waals surface area (Å²) in [7, 11) is 3.61. The van der Waals surface area contributed by atoms with Gasteiger partial charge >= 0.3 is 0 Å². The van der Waals surface area contributed by atoms with Crippen molar-refractivity contribution in [3.63, 3.8) is 0 Å². The van der Waals surface area contributed by atoms with Gasteiger partial charge in [-0.15, -0.1) is 0 Å². The predicted molar refractivity (Wildman–Crippen MR) is 77.7 cm³/mol. The number of hydrogen-bond donors (Lipinski definition) is 1. The highest BCUT2D eigenvalue weighted by Gasteiger charge is 2.15. The maximum atomic E-state index is 5.99. The molecule has 1 heterocycles. The molecule has 0 fully saturated rings. The highest BCUT2D eigenvalue weighted by molar-refractivity contribution is 6.30. The summed E-state index contributed by atoms with van der Waals surface area (Å²) in [5.74, 6) is 0.806. The van der Waals surface area contributed by atoms with E-state index in [4.69, 9.17) is 16.3 Å².